The number of hydrogen-bond acceptors (Lipinski definition) is 4. The molecule has 0 aliphatic carbocycles. The number of nitrogens with one attached hydrogen (secondary N) is 2. The number of aryl methyl sites for hydroxylation is 2. The molecule has 23 heavy (non-hydrogen) atoms. The van der Waals surface area contributed by atoms with E-state index in [1.807, 2.05) is 37.0 Å². The van der Waals surface area contributed by atoms with E-state index in [9.17, 15) is 0 Å². The van der Waals surface area contributed by atoms with Gasteiger partial charge in [0.1, 0.15) is 0 Å². The second-order valence-electron chi connectivity index (χ2n) is 5.65. The van der Waals surface area contributed by atoms with Crippen molar-refractivity contribution in [2.45, 2.75) is 40.8 Å². The van der Waals surface area contributed by atoms with Crippen LogP contribution in [0.25, 0.3) is 0 Å². The summed E-state index contributed by atoms with van der Waals surface area (Å²) in [6.45, 7) is 11.6. The maximum atomic E-state index is 4.67. The summed E-state index contributed by atoms with van der Waals surface area (Å²) in [5, 5.41) is 12.0. The van der Waals surface area contributed by atoms with Crippen LogP contribution in [0.2, 0.25) is 0 Å². The summed E-state index contributed by atoms with van der Waals surface area (Å²) in [7, 11) is 0. The molecule has 0 amide bonds. The monoisotopic (exact) mass is 334 g/mol. The van der Waals surface area contributed by atoms with Crippen LogP contribution in [-0.4, -0.2) is 33.8 Å². The molecule has 0 saturated heterocycles. The second-order valence-corrected chi connectivity index (χ2v) is 6.94. The molecule has 0 aliphatic heterocycles. The van der Waals surface area contributed by atoms with Crippen LogP contribution in [0.1, 0.15) is 29.4 Å². The molecule has 2 aromatic heterocycles. The Morgan fingerprint density at radius 1 is 1.39 bits per heavy atom. The average molecular weight is 334 g/mol. The van der Waals surface area contributed by atoms with E-state index in [1.54, 1.807) is 11.3 Å². The molecule has 6 nitrogen and oxygen atoms in total. The topological polar surface area (TPSA) is 67.1 Å². The first-order valence-corrected chi connectivity index (χ1v) is 8.82. The summed E-state index contributed by atoms with van der Waals surface area (Å²) in [5.41, 5.74) is 1.08. The second kappa shape index (κ2) is 8.67. The van der Waals surface area contributed by atoms with Crippen molar-refractivity contribution < 1.29 is 0 Å². The van der Waals surface area contributed by atoms with Crippen molar-refractivity contribution in [3.8, 4) is 0 Å². The summed E-state index contributed by atoms with van der Waals surface area (Å²) >= 11 is 1.72. The largest absolute Gasteiger partial charge is 0.357 e. The van der Waals surface area contributed by atoms with Gasteiger partial charge in [0.05, 0.1) is 17.2 Å². The van der Waals surface area contributed by atoms with Gasteiger partial charge >= 0.3 is 0 Å². The van der Waals surface area contributed by atoms with E-state index in [-0.39, 0.29) is 0 Å². The van der Waals surface area contributed by atoms with Gasteiger partial charge < -0.3 is 10.6 Å². The Labute approximate surface area is 142 Å². The van der Waals surface area contributed by atoms with Crippen LogP contribution in [0.4, 0.5) is 0 Å². The number of aliphatic imine (C=N–C) groups is 1. The Hall–Kier alpha value is -1.89. The van der Waals surface area contributed by atoms with Crippen molar-refractivity contribution in [2.75, 3.05) is 13.1 Å². The normalized spacial score (nSPS) is 13.1. The summed E-state index contributed by atoms with van der Waals surface area (Å²) in [5.74, 6) is 1.32. The van der Waals surface area contributed by atoms with Crippen LogP contribution < -0.4 is 10.6 Å². The molecule has 0 fully saturated rings. The highest BCUT2D eigenvalue weighted by atomic mass is 32.1. The predicted molar refractivity (Wildman–Crippen MR) is 95.8 cm³/mol. The lowest BCUT2D eigenvalue weighted by Crippen LogP contribution is -2.40. The summed E-state index contributed by atoms with van der Waals surface area (Å²) in [6.07, 6.45) is 3.80. The zero-order valence-electron chi connectivity index (χ0n) is 14.3. The standard InChI is InChI=1S/C16H26N6S/c1-5-17-16(19-10-15-13(3)21-14(4)23-15)18-9-12(2)11-22-8-6-7-20-22/h6-8,12H,5,9-11H2,1-4H3,(H2,17,18,19). The summed E-state index contributed by atoms with van der Waals surface area (Å²) in [6, 6.07) is 1.95. The zero-order valence-corrected chi connectivity index (χ0v) is 15.2. The van der Waals surface area contributed by atoms with Gasteiger partial charge in [0.25, 0.3) is 0 Å². The predicted octanol–water partition coefficient (Wildman–Crippen LogP) is 2.35. The lowest BCUT2D eigenvalue weighted by Gasteiger charge is -2.16. The third kappa shape index (κ3) is 5.67. The van der Waals surface area contributed by atoms with E-state index >= 15 is 0 Å². The fourth-order valence-electron chi connectivity index (χ4n) is 2.28. The summed E-state index contributed by atoms with van der Waals surface area (Å²) in [4.78, 5) is 10.3. The van der Waals surface area contributed by atoms with Crippen molar-refractivity contribution in [1.82, 2.24) is 25.4 Å². The van der Waals surface area contributed by atoms with Crippen LogP contribution in [0, 0.1) is 19.8 Å². The van der Waals surface area contributed by atoms with E-state index in [0.717, 1.165) is 36.3 Å². The van der Waals surface area contributed by atoms with E-state index < -0.39 is 0 Å². The minimum absolute atomic E-state index is 0.464. The van der Waals surface area contributed by atoms with Crippen molar-refractivity contribution in [3.63, 3.8) is 0 Å². The number of thiazole rings is 1. The minimum Gasteiger partial charge on any atom is -0.357 e. The van der Waals surface area contributed by atoms with Gasteiger partial charge in [-0.2, -0.15) is 5.10 Å². The SMILES string of the molecule is CCNC(=NCc1sc(C)nc1C)NCC(C)Cn1cccn1. The number of guanidine groups is 1. The highest BCUT2D eigenvalue weighted by Gasteiger charge is 2.07. The molecule has 126 valence electrons. The number of aromatic nitrogens is 3. The number of nitrogens with zero attached hydrogens (tertiary/aromatic N) is 4. The Balaban J connectivity index is 1.87. The molecule has 0 radical (unpaired) electrons. The first-order chi connectivity index (χ1) is 11.1. The third-order valence-corrected chi connectivity index (χ3v) is 4.46. The van der Waals surface area contributed by atoms with Crippen LogP contribution >= 0.6 is 11.3 Å². The zero-order chi connectivity index (χ0) is 16.7. The molecule has 0 spiro atoms. The smallest absolute Gasteiger partial charge is 0.191 e. The molecule has 1 unspecified atom stereocenters. The molecule has 0 bridgehead atoms. The van der Waals surface area contributed by atoms with Crippen molar-refractivity contribution in [1.29, 1.82) is 0 Å². The Bertz CT molecular complexity index is 617. The lowest BCUT2D eigenvalue weighted by atomic mass is 10.2. The molecule has 2 aromatic rings. The number of rotatable bonds is 7. The van der Waals surface area contributed by atoms with Gasteiger partial charge in [-0.25, -0.2) is 9.98 Å². The molecule has 0 aromatic carbocycles. The molecule has 0 saturated carbocycles. The molecular formula is C16H26N6S. The molecule has 7 heteroatoms. The van der Waals surface area contributed by atoms with Gasteiger partial charge in [-0.3, -0.25) is 4.68 Å². The van der Waals surface area contributed by atoms with E-state index in [4.69, 9.17) is 0 Å². The van der Waals surface area contributed by atoms with Gasteiger partial charge in [0.2, 0.25) is 0 Å². The van der Waals surface area contributed by atoms with E-state index in [2.05, 4.69) is 39.6 Å². The molecular weight excluding hydrogens is 308 g/mol. The van der Waals surface area contributed by atoms with E-state index in [0.29, 0.717) is 12.5 Å². The molecule has 0 aliphatic rings. The quantitative estimate of drug-likeness (QED) is 0.602. The Kier molecular flexibility index (Phi) is 6.58. The maximum Gasteiger partial charge on any atom is 0.191 e. The third-order valence-electron chi connectivity index (χ3n) is 3.40. The van der Waals surface area contributed by atoms with Crippen LogP contribution in [0.3, 0.4) is 0 Å². The van der Waals surface area contributed by atoms with Crippen molar-refractivity contribution >= 4 is 17.3 Å². The summed E-state index contributed by atoms with van der Waals surface area (Å²) < 4.78 is 1.96. The van der Waals surface area contributed by atoms with Crippen molar-refractivity contribution in [3.05, 3.63) is 34.0 Å². The highest BCUT2D eigenvalue weighted by Crippen LogP contribution is 2.17. The van der Waals surface area contributed by atoms with Gasteiger partial charge in [0, 0.05) is 36.9 Å². The van der Waals surface area contributed by atoms with Crippen LogP contribution in [0.15, 0.2) is 23.5 Å². The first kappa shape index (κ1) is 17.5. The van der Waals surface area contributed by atoms with Gasteiger partial charge in [-0.05, 0) is 32.8 Å². The Morgan fingerprint density at radius 2 is 2.22 bits per heavy atom. The Morgan fingerprint density at radius 3 is 2.83 bits per heavy atom. The van der Waals surface area contributed by atoms with Crippen LogP contribution in [0.5, 0.6) is 0 Å². The van der Waals surface area contributed by atoms with E-state index in [1.165, 1.54) is 4.88 Å². The molecule has 2 N–H and O–H groups in total. The molecule has 2 heterocycles. The minimum atomic E-state index is 0.464. The molecule has 2 rings (SSSR count). The van der Waals surface area contributed by atoms with Gasteiger partial charge in [0.15, 0.2) is 5.96 Å². The first-order valence-electron chi connectivity index (χ1n) is 8.01. The van der Waals surface area contributed by atoms with Crippen LogP contribution in [-0.2, 0) is 13.1 Å². The average Bonchev–Trinajstić information content (AvgIpc) is 3.11. The number of hydrogen-bond donors (Lipinski definition) is 2. The lowest BCUT2D eigenvalue weighted by molar-refractivity contribution is 0.443. The highest BCUT2D eigenvalue weighted by molar-refractivity contribution is 7.11. The van der Waals surface area contributed by atoms with Crippen molar-refractivity contribution in [2.24, 2.45) is 10.9 Å². The molecule has 1 atom stereocenters. The fraction of sp³-hybridized carbons (Fsp3) is 0.562. The van der Waals surface area contributed by atoms with Gasteiger partial charge in [-0.1, -0.05) is 6.92 Å². The maximum absolute atomic E-state index is 4.67. The fourth-order valence-corrected chi connectivity index (χ4v) is 3.14. The van der Waals surface area contributed by atoms with Gasteiger partial charge in [-0.15, -0.1) is 11.3 Å².